The van der Waals surface area contributed by atoms with E-state index in [0.29, 0.717) is 18.9 Å². The maximum absolute atomic E-state index is 13.0. The van der Waals surface area contributed by atoms with Crippen LogP contribution < -0.4 is 0 Å². The zero-order chi connectivity index (χ0) is 16.8. The van der Waals surface area contributed by atoms with Gasteiger partial charge in [-0.2, -0.15) is 13.2 Å². The maximum Gasteiger partial charge on any atom is 0.419 e. The van der Waals surface area contributed by atoms with Gasteiger partial charge in [-0.3, -0.25) is 10.1 Å². The molecule has 1 rings (SSSR count). The Bertz CT molecular complexity index is 481. The molecule has 0 N–H and O–H groups in total. The summed E-state index contributed by atoms with van der Waals surface area (Å²) < 4.78 is 44.6. The van der Waals surface area contributed by atoms with Crippen molar-refractivity contribution in [3.05, 3.63) is 45.8 Å². The first kappa shape index (κ1) is 18.3. The van der Waals surface area contributed by atoms with Crippen LogP contribution >= 0.6 is 0 Å². The predicted molar refractivity (Wildman–Crippen MR) is 76.9 cm³/mol. The Kier molecular flexibility index (Phi) is 6.64. The van der Waals surface area contributed by atoms with Crippen LogP contribution in [0, 0.1) is 10.1 Å². The van der Waals surface area contributed by atoms with E-state index < -0.39 is 23.2 Å². The van der Waals surface area contributed by atoms with Crippen molar-refractivity contribution in [2.75, 3.05) is 6.54 Å². The fraction of sp³-hybridized carbons (Fsp3) is 0.600. The molecule has 0 aromatic heterocycles. The first-order valence-corrected chi connectivity index (χ1v) is 7.11. The molecule has 0 aromatic rings. The summed E-state index contributed by atoms with van der Waals surface area (Å²) in [5.74, 6) is -0.248. The van der Waals surface area contributed by atoms with Gasteiger partial charge >= 0.3 is 6.18 Å². The standard InChI is InChI=1S/C15H20F3NO3/c1-3-13(15(16,17)18)14(5-4-10-19(20)21)22-12-8-6-11(2)7-9-12/h3,6,12H,1,4-5,7-10H2,2H3/b14-13-. The Morgan fingerprint density at radius 1 is 1.59 bits per heavy atom. The quantitative estimate of drug-likeness (QED) is 0.227. The molecule has 0 spiro atoms. The summed E-state index contributed by atoms with van der Waals surface area (Å²) in [6.07, 6.45) is -0.398. The molecule has 0 aromatic carbocycles. The lowest BCUT2D eigenvalue weighted by Crippen LogP contribution is -2.20. The molecule has 0 saturated heterocycles. The summed E-state index contributed by atoms with van der Waals surface area (Å²) in [5, 5.41) is 10.3. The summed E-state index contributed by atoms with van der Waals surface area (Å²) in [6, 6.07) is 0. The highest BCUT2D eigenvalue weighted by Crippen LogP contribution is 2.33. The van der Waals surface area contributed by atoms with Gasteiger partial charge in [-0.25, -0.2) is 0 Å². The van der Waals surface area contributed by atoms with Crippen molar-refractivity contribution in [3.8, 4) is 0 Å². The molecule has 4 nitrogen and oxygen atoms in total. The van der Waals surface area contributed by atoms with E-state index in [9.17, 15) is 23.3 Å². The van der Waals surface area contributed by atoms with E-state index in [2.05, 4.69) is 6.58 Å². The maximum atomic E-state index is 13.0. The van der Waals surface area contributed by atoms with Gasteiger partial charge < -0.3 is 4.74 Å². The zero-order valence-corrected chi connectivity index (χ0v) is 12.5. The molecule has 7 heteroatoms. The highest BCUT2D eigenvalue weighted by atomic mass is 19.4. The van der Waals surface area contributed by atoms with Gasteiger partial charge in [0.25, 0.3) is 0 Å². The first-order valence-electron chi connectivity index (χ1n) is 7.11. The number of alkyl halides is 3. The summed E-state index contributed by atoms with van der Waals surface area (Å²) in [5.41, 5.74) is 0.251. The van der Waals surface area contributed by atoms with E-state index in [1.807, 2.05) is 13.0 Å². The number of nitro groups is 1. The van der Waals surface area contributed by atoms with E-state index in [1.165, 1.54) is 5.57 Å². The molecule has 0 saturated carbocycles. The Balaban J connectivity index is 2.88. The monoisotopic (exact) mass is 319 g/mol. The average molecular weight is 319 g/mol. The second kappa shape index (κ2) is 8.00. The van der Waals surface area contributed by atoms with E-state index >= 15 is 0 Å². The molecule has 22 heavy (non-hydrogen) atoms. The van der Waals surface area contributed by atoms with Gasteiger partial charge in [0, 0.05) is 24.2 Å². The van der Waals surface area contributed by atoms with Crippen molar-refractivity contribution in [3.63, 3.8) is 0 Å². The van der Waals surface area contributed by atoms with Gasteiger partial charge in [0.15, 0.2) is 0 Å². The van der Waals surface area contributed by atoms with Gasteiger partial charge in [0.2, 0.25) is 6.54 Å². The Hall–Kier alpha value is -1.79. The fourth-order valence-electron chi connectivity index (χ4n) is 2.26. The molecule has 0 bridgehead atoms. The van der Waals surface area contributed by atoms with E-state index in [0.717, 1.165) is 6.42 Å². The minimum absolute atomic E-state index is 0.00264. The predicted octanol–water partition coefficient (Wildman–Crippen LogP) is 4.56. The lowest BCUT2D eigenvalue weighted by molar-refractivity contribution is -0.480. The first-order chi connectivity index (χ1) is 10.2. The van der Waals surface area contributed by atoms with Crippen molar-refractivity contribution < 1.29 is 22.8 Å². The van der Waals surface area contributed by atoms with E-state index in [4.69, 9.17) is 4.74 Å². The SMILES string of the molecule is C=C/C(=C(\CCC[N+](=O)[O-])OC1CC=C(C)CC1)C(F)(F)F. The third kappa shape index (κ3) is 5.91. The average Bonchev–Trinajstić information content (AvgIpc) is 2.39. The summed E-state index contributed by atoms with van der Waals surface area (Å²) in [6.45, 7) is 4.77. The Morgan fingerprint density at radius 2 is 2.27 bits per heavy atom. The van der Waals surface area contributed by atoms with Gasteiger partial charge in [-0.1, -0.05) is 24.3 Å². The molecular formula is C15H20F3NO3. The number of rotatable bonds is 7. The molecule has 0 amide bonds. The molecule has 124 valence electrons. The summed E-state index contributed by atoms with van der Waals surface area (Å²) in [4.78, 5) is 9.79. The molecule has 0 aliphatic heterocycles. The molecule has 0 fully saturated rings. The van der Waals surface area contributed by atoms with Crippen LogP contribution in [0.25, 0.3) is 0 Å². The second-order valence-electron chi connectivity index (χ2n) is 5.26. The molecule has 1 aliphatic rings. The lowest BCUT2D eigenvalue weighted by Gasteiger charge is -2.25. The number of ether oxygens (including phenoxy) is 1. The van der Waals surface area contributed by atoms with Crippen molar-refractivity contribution in [2.24, 2.45) is 0 Å². The van der Waals surface area contributed by atoms with Crippen molar-refractivity contribution in [2.45, 2.75) is 51.3 Å². The molecular weight excluding hydrogens is 299 g/mol. The smallest absolute Gasteiger partial charge is 0.419 e. The van der Waals surface area contributed by atoms with Crippen LogP contribution in [-0.2, 0) is 4.74 Å². The van der Waals surface area contributed by atoms with Crippen molar-refractivity contribution >= 4 is 0 Å². The number of nitrogens with zero attached hydrogens (tertiary/aromatic N) is 1. The highest BCUT2D eigenvalue weighted by Gasteiger charge is 2.35. The Morgan fingerprint density at radius 3 is 2.73 bits per heavy atom. The third-order valence-electron chi connectivity index (χ3n) is 3.45. The molecule has 1 aliphatic carbocycles. The van der Waals surface area contributed by atoms with E-state index in [-0.39, 0.29) is 24.7 Å². The molecule has 1 atom stereocenters. The van der Waals surface area contributed by atoms with E-state index in [1.54, 1.807) is 0 Å². The van der Waals surface area contributed by atoms with Gasteiger partial charge in [-0.05, 0) is 19.8 Å². The highest BCUT2D eigenvalue weighted by molar-refractivity contribution is 5.26. The van der Waals surface area contributed by atoms with Gasteiger partial charge in [0.05, 0.1) is 5.57 Å². The summed E-state index contributed by atoms with van der Waals surface area (Å²) in [7, 11) is 0. The number of hydrogen-bond donors (Lipinski definition) is 0. The largest absolute Gasteiger partial charge is 0.494 e. The molecule has 1 unspecified atom stereocenters. The van der Waals surface area contributed by atoms with Crippen LogP contribution in [0.4, 0.5) is 13.2 Å². The van der Waals surface area contributed by atoms with Gasteiger partial charge in [0.1, 0.15) is 11.9 Å². The summed E-state index contributed by atoms with van der Waals surface area (Å²) >= 11 is 0. The van der Waals surface area contributed by atoms with Crippen LogP contribution in [-0.4, -0.2) is 23.7 Å². The molecule has 0 heterocycles. The number of allylic oxidation sites excluding steroid dienone is 4. The fourth-order valence-corrected chi connectivity index (χ4v) is 2.26. The van der Waals surface area contributed by atoms with Crippen LogP contribution in [0.15, 0.2) is 35.6 Å². The lowest BCUT2D eigenvalue weighted by atomic mass is 9.98. The van der Waals surface area contributed by atoms with Crippen LogP contribution in [0.3, 0.4) is 0 Å². The van der Waals surface area contributed by atoms with Crippen molar-refractivity contribution in [1.29, 1.82) is 0 Å². The number of halogens is 3. The Labute approximate surface area is 127 Å². The zero-order valence-electron chi connectivity index (χ0n) is 12.5. The normalized spacial score (nSPS) is 20.0. The van der Waals surface area contributed by atoms with Crippen LogP contribution in [0.2, 0.25) is 0 Å². The topological polar surface area (TPSA) is 52.4 Å². The van der Waals surface area contributed by atoms with Gasteiger partial charge in [-0.15, -0.1) is 0 Å². The van der Waals surface area contributed by atoms with Crippen LogP contribution in [0.5, 0.6) is 0 Å². The third-order valence-corrected chi connectivity index (χ3v) is 3.45. The number of hydrogen-bond acceptors (Lipinski definition) is 3. The minimum Gasteiger partial charge on any atom is -0.494 e. The molecule has 0 radical (unpaired) electrons. The van der Waals surface area contributed by atoms with Crippen LogP contribution in [0.1, 0.15) is 39.0 Å². The second-order valence-corrected chi connectivity index (χ2v) is 5.26. The van der Waals surface area contributed by atoms with Crippen molar-refractivity contribution in [1.82, 2.24) is 0 Å². The minimum atomic E-state index is -4.58.